The number of rotatable bonds is 5. The van der Waals surface area contributed by atoms with Crippen LogP contribution in [0.2, 0.25) is 0 Å². The Balaban J connectivity index is 1.67. The topological polar surface area (TPSA) is 41.6 Å². The van der Waals surface area contributed by atoms with Gasteiger partial charge in [0, 0.05) is 20.2 Å². The molecule has 2 unspecified atom stereocenters. The molecule has 4 nitrogen and oxygen atoms in total. The lowest BCUT2D eigenvalue weighted by Crippen LogP contribution is -2.42. The van der Waals surface area contributed by atoms with Gasteiger partial charge in [-0.2, -0.15) is 13.2 Å². The Morgan fingerprint density at radius 3 is 2.38 bits per heavy atom. The van der Waals surface area contributed by atoms with Crippen LogP contribution in [0.15, 0.2) is 48.5 Å². The predicted molar refractivity (Wildman–Crippen MR) is 99.6 cm³/mol. The molecule has 29 heavy (non-hydrogen) atoms. The normalized spacial score (nSPS) is 17.8. The van der Waals surface area contributed by atoms with Gasteiger partial charge in [0.2, 0.25) is 0 Å². The lowest BCUT2D eigenvalue weighted by atomic mass is 9.99. The fourth-order valence-electron chi connectivity index (χ4n) is 3.31. The third-order valence-electron chi connectivity index (χ3n) is 4.89. The molecule has 0 spiro atoms. The van der Waals surface area contributed by atoms with Crippen LogP contribution >= 0.6 is 0 Å². The first-order valence-corrected chi connectivity index (χ1v) is 9.29. The second-order valence-electron chi connectivity index (χ2n) is 7.08. The van der Waals surface area contributed by atoms with E-state index in [1.165, 1.54) is 29.2 Å². The van der Waals surface area contributed by atoms with Crippen molar-refractivity contribution < 1.29 is 27.1 Å². The van der Waals surface area contributed by atoms with Crippen molar-refractivity contribution in [3.63, 3.8) is 0 Å². The highest BCUT2D eigenvalue weighted by Gasteiger charge is 2.31. The number of halogens is 4. The zero-order chi connectivity index (χ0) is 21.0. The van der Waals surface area contributed by atoms with Gasteiger partial charge in [-0.25, -0.2) is 9.18 Å². The maximum Gasteiger partial charge on any atom is 0.416 e. The second kappa shape index (κ2) is 8.82. The monoisotopic (exact) mass is 410 g/mol. The van der Waals surface area contributed by atoms with Crippen molar-refractivity contribution >= 4 is 6.03 Å². The summed E-state index contributed by atoms with van der Waals surface area (Å²) in [5, 5.41) is 2.91. The number of ether oxygens (including phenoxy) is 1. The molecule has 0 radical (unpaired) electrons. The fourth-order valence-corrected chi connectivity index (χ4v) is 3.31. The maximum absolute atomic E-state index is 13.3. The number of nitrogens with zero attached hydrogens (tertiary/aromatic N) is 1. The number of carbonyl (C=O) groups is 1. The van der Waals surface area contributed by atoms with Crippen molar-refractivity contribution in [2.24, 2.45) is 0 Å². The van der Waals surface area contributed by atoms with Gasteiger partial charge >= 0.3 is 12.2 Å². The first-order valence-electron chi connectivity index (χ1n) is 9.29. The van der Waals surface area contributed by atoms with Crippen LogP contribution in [-0.4, -0.2) is 30.7 Å². The molecule has 8 heteroatoms. The first kappa shape index (κ1) is 21.1. The highest BCUT2D eigenvalue weighted by Crippen LogP contribution is 2.30. The van der Waals surface area contributed by atoms with Crippen LogP contribution in [0.4, 0.5) is 22.4 Å². The summed E-state index contributed by atoms with van der Waals surface area (Å²) in [5.41, 5.74) is 0.573. The van der Waals surface area contributed by atoms with Gasteiger partial charge in [-0.05, 0) is 48.2 Å². The maximum atomic E-state index is 13.3. The van der Waals surface area contributed by atoms with Crippen LogP contribution in [0.25, 0.3) is 0 Å². The van der Waals surface area contributed by atoms with E-state index < -0.39 is 23.8 Å². The fraction of sp³-hybridized carbons (Fsp3) is 0.381. The molecule has 0 aliphatic carbocycles. The van der Waals surface area contributed by atoms with Crippen LogP contribution < -0.4 is 5.32 Å². The van der Waals surface area contributed by atoms with E-state index in [1.807, 2.05) is 0 Å². The zero-order valence-electron chi connectivity index (χ0n) is 15.9. The number of urea groups is 1. The molecular weight excluding hydrogens is 388 g/mol. The van der Waals surface area contributed by atoms with Gasteiger partial charge < -0.3 is 15.0 Å². The van der Waals surface area contributed by atoms with Crippen molar-refractivity contribution in [1.29, 1.82) is 0 Å². The van der Waals surface area contributed by atoms with Crippen molar-refractivity contribution in [2.75, 3.05) is 13.7 Å². The van der Waals surface area contributed by atoms with Crippen LogP contribution in [-0.2, 0) is 17.5 Å². The molecule has 1 N–H and O–H groups in total. The molecule has 1 fully saturated rings. The molecule has 2 amide bonds. The second-order valence-corrected chi connectivity index (χ2v) is 7.08. The van der Waals surface area contributed by atoms with E-state index in [1.54, 1.807) is 19.2 Å². The number of nitrogens with one attached hydrogen (secondary N) is 1. The first-order chi connectivity index (χ1) is 13.7. The summed E-state index contributed by atoms with van der Waals surface area (Å²) in [7, 11) is 1.56. The SMILES string of the molecule is CN(Cc1ccc(C(F)(F)F)cc1)C(=O)NC(c1ccc(F)cc1)C1CCCO1. The van der Waals surface area contributed by atoms with E-state index in [0.29, 0.717) is 12.2 Å². The van der Waals surface area contributed by atoms with Crippen LogP contribution in [0, 0.1) is 5.82 Å². The van der Waals surface area contributed by atoms with Gasteiger partial charge in [0.1, 0.15) is 5.82 Å². The Morgan fingerprint density at radius 1 is 1.17 bits per heavy atom. The van der Waals surface area contributed by atoms with Crippen molar-refractivity contribution in [1.82, 2.24) is 10.2 Å². The van der Waals surface area contributed by atoms with E-state index >= 15 is 0 Å². The summed E-state index contributed by atoms with van der Waals surface area (Å²) in [4.78, 5) is 14.1. The zero-order valence-corrected chi connectivity index (χ0v) is 15.9. The van der Waals surface area contributed by atoms with Gasteiger partial charge in [0.15, 0.2) is 0 Å². The van der Waals surface area contributed by atoms with Crippen molar-refractivity contribution in [2.45, 2.75) is 37.7 Å². The van der Waals surface area contributed by atoms with Crippen LogP contribution in [0.3, 0.4) is 0 Å². The highest BCUT2D eigenvalue weighted by molar-refractivity contribution is 5.74. The molecule has 0 saturated carbocycles. The predicted octanol–water partition coefficient (Wildman–Crippen LogP) is 4.91. The number of carbonyl (C=O) groups excluding carboxylic acids is 1. The molecule has 0 aromatic heterocycles. The molecule has 0 bridgehead atoms. The summed E-state index contributed by atoms with van der Waals surface area (Å²) >= 11 is 0. The summed E-state index contributed by atoms with van der Waals surface area (Å²) in [6.07, 6.45) is -2.97. The van der Waals surface area contributed by atoms with E-state index in [-0.39, 0.29) is 18.5 Å². The minimum absolute atomic E-state index is 0.144. The summed E-state index contributed by atoms with van der Waals surface area (Å²) < 4.78 is 57.0. The number of amides is 2. The van der Waals surface area contributed by atoms with Crippen LogP contribution in [0.1, 0.15) is 35.6 Å². The van der Waals surface area contributed by atoms with Crippen LogP contribution in [0.5, 0.6) is 0 Å². The highest BCUT2D eigenvalue weighted by atomic mass is 19.4. The Labute approximate surface area is 166 Å². The molecule has 156 valence electrons. The number of hydrogen-bond acceptors (Lipinski definition) is 2. The average Bonchev–Trinajstić information content (AvgIpc) is 3.21. The van der Waals surface area contributed by atoms with E-state index in [0.717, 1.165) is 30.5 Å². The van der Waals surface area contributed by atoms with Crippen molar-refractivity contribution in [3.05, 3.63) is 71.0 Å². The molecule has 2 aromatic rings. The van der Waals surface area contributed by atoms with Gasteiger partial charge in [0.05, 0.1) is 17.7 Å². The lowest BCUT2D eigenvalue weighted by Gasteiger charge is -2.27. The van der Waals surface area contributed by atoms with E-state index in [4.69, 9.17) is 4.74 Å². The quantitative estimate of drug-likeness (QED) is 0.712. The van der Waals surface area contributed by atoms with Crippen molar-refractivity contribution in [3.8, 4) is 0 Å². The third kappa shape index (κ3) is 5.47. The molecule has 2 atom stereocenters. The van der Waals surface area contributed by atoms with Gasteiger partial charge in [-0.3, -0.25) is 0 Å². The molecule has 1 saturated heterocycles. The Morgan fingerprint density at radius 2 is 1.83 bits per heavy atom. The molecule has 1 heterocycles. The van der Waals surface area contributed by atoms with Gasteiger partial charge in [-0.15, -0.1) is 0 Å². The molecule has 1 aliphatic heterocycles. The molecule has 2 aromatic carbocycles. The number of alkyl halides is 3. The van der Waals surface area contributed by atoms with Gasteiger partial charge in [-0.1, -0.05) is 24.3 Å². The lowest BCUT2D eigenvalue weighted by molar-refractivity contribution is -0.137. The summed E-state index contributed by atoms with van der Waals surface area (Å²) in [6, 6.07) is 9.73. The van der Waals surface area contributed by atoms with E-state index in [2.05, 4.69) is 5.32 Å². The number of hydrogen-bond donors (Lipinski definition) is 1. The standard InChI is InChI=1S/C21H22F4N2O2/c1-27(13-14-4-8-16(9-5-14)21(23,24)25)20(28)26-19(18-3-2-12-29-18)15-6-10-17(22)11-7-15/h4-11,18-19H,2-3,12-13H2,1H3,(H,26,28). The molecule has 1 aliphatic rings. The summed E-state index contributed by atoms with van der Waals surface area (Å²) in [5.74, 6) is -0.370. The molecule has 3 rings (SSSR count). The Bertz CT molecular complexity index is 816. The van der Waals surface area contributed by atoms with E-state index in [9.17, 15) is 22.4 Å². The largest absolute Gasteiger partial charge is 0.416 e. The third-order valence-corrected chi connectivity index (χ3v) is 4.89. The minimum atomic E-state index is -4.40. The minimum Gasteiger partial charge on any atom is -0.376 e. The van der Waals surface area contributed by atoms with Gasteiger partial charge in [0.25, 0.3) is 0 Å². The molecular formula is C21H22F4N2O2. The summed E-state index contributed by atoms with van der Waals surface area (Å²) in [6.45, 7) is 0.741. The Kier molecular flexibility index (Phi) is 6.42. The Hall–Kier alpha value is -2.61. The average molecular weight is 410 g/mol. The smallest absolute Gasteiger partial charge is 0.376 e. The number of benzene rings is 2.